The number of hydrogen-bond donors (Lipinski definition) is 1. The minimum absolute atomic E-state index is 0.671. The Balaban J connectivity index is 2.04. The maximum atomic E-state index is 6.23. The topological polar surface area (TPSA) is 29.3 Å². The number of hydrogen-bond acceptors (Lipinski definition) is 2. The van der Waals surface area contributed by atoms with Crippen LogP contribution in [0.1, 0.15) is 38.2 Å². The minimum atomic E-state index is 0.671. The summed E-state index contributed by atoms with van der Waals surface area (Å²) in [6, 6.07) is 6.43. The number of benzene rings is 1. The molecule has 2 N–H and O–H groups in total. The van der Waals surface area contributed by atoms with Gasteiger partial charge in [-0.2, -0.15) is 0 Å². The molecule has 2 rings (SSSR count). The van der Waals surface area contributed by atoms with Gasteiger partial charge in [0.15, 0.2) is 0 Å². The van der Waals surface area contributed by atoms with E-state index in [4.69, 9.17) is 17.3 Å². The van der Waals surface area contributed by atoms with Gasteiger partial charge in [-0.05, 0) is 37.9 Å². The molecule has 2 unspecified atom stereocenters. The average molecular weight is 267 g/mol. The Labute approximate surface area is 115 Å². The van der Waals surface area contributed by atoms with Crippen LogP contribution in [-0.4, -0.2) is 18.0 Å². The van der Waals surface area contributed by atoms with Crippen molar-refractivity contribution in [1.29, 1.82) is 0 Å². The average Bonchev–Trinajstić information content (AvgIpc) is 2.34. The molecule has 1 saturated carbocycles. The molecular formula is C15H23ClN2. The zero-order valence-corrected chi connectivity index (χ0v) is 12.1. The number of halogens is 1. The van der Waals surface area contributed by atoms with Gasteiger partial charge in [0.05, 0.1) is 0 Å². The Morgan fingerprint density at radius 2 is 2.17 bits per heavy atom. The van der Waals surface area contributed by atoms with Crippen molar-refractivity contribution >= 4 is 17.3 Å². The molecule has 0 heterocycles. The first-order valence-corrected chi connectivity index (χ1v) is 7.19. The highest BCUT2D eigenvalue weighted by molar-refractivity contribution is 6.31. The molecule has 2 nitrogen and oxygen atoms in total. The Hall–Kier alpha value is -0.730. The highest BCUT2D eigenvalue weighted by Gasteiger charge is 2.23. The SMILES string of the molecule is CC1CCCC(N(C)Cc2c(N)cccc2Cl)C1. The third-order valence-corrected chi connectivity index (χ3v) is 4.45. The van der Waals surface area contributed by atoms with Gasteiger partial charge in [0.1, 0.15) is 0 Å². The van der Waals surface area contributed by atoms with E-state index in [1.54, 1.807) is 0 Å². The third kappa shape index (κ3) is 3.18. The number of anilines is 1. The first-order valence-electron chi connectivity index (χ1n) is 6.81. The van der Waals surface area contributed by atoms with Gasteiger partial charge >= 0.3 is 0 Å². The molecule has 18 heavy (non-hydrogen) atoms. The summed E-state index contributed by atoms with van der Waals surface area (Å²) in [4.78, 5) is 2.41. The molecule has 0 spiro atoms. The van der Waals surface area contributed by atoms with Gasteiger partial charge in [-0.1, -0.05) is 37.4 Å². The molecule has 1 fully saturated rings. The quantitative estimate of drug-likeness (QED) is 0.840. The van der Waals surface area contributed by atoms with E-state index in [2.05, 4.69) is 18.9 Å². The summed E-state index contributed by atoms with van der Waals surface area (Å²) < 4.78 is 0. The van der Waals surface area contributed by atoms with E-state index < -0.39 is 0 Å². The number of nitrogens with two attached hydrogens (primary N) is 1. The maximum absolute atomic E-state index is 6.23. The van der Waals surface area contributed by atoms with Crippen LogP contribution in [-0.2, 0) is 6.54 Å². The van der Waals surface area contributed by atoms with Crippen molar-refractivity contribution in [2.24, 2.45) is 5.92 Å². The molecular weight excluding hydrogens is 244 g/mol. The standard InChI is InChI=1S/C15H23ClN2/c1-11-5-3-6-12(9-11)18(2)10-13-14(16)7-4-8-15(13)17/h4,7-8,11-12H,3,5-6,9-10,17H2,1-2H3. The summed E-state index contributed by atoms with van der Waals surface area (Å²) in [6.45, 7) is 3.20. The van der Waals surface area contributed by atoms with E-state index in [0.717, 1.165) is 28.7 Å². The molecule has 2 atom stereocenters. The predicted molar refractivity (Wildman–Crippen MR) is 78.8 cm³/mol. The zero-order valence-electron chi connectivity index (χ0n) is 11.3. The smallest absolute Gasteiger partial charge is 0.0471 e. The summed E-state index contributed by atoms with van der Waals surface area (Å²) in [5, 5.41) is 0.783. The second-order valence-electron chi connectivity index (χ2n) is 5.65. The van der Waals surface area contributed by atoms with Gasteiger partial charge in [-0.25, -0.2) is 0 Å². The fourth-order valence-corrected chi connectivity index (χ4v) is 3.16. The van der Waals surface area contributed by atoms with Crippen LogP contribution < -0.4 is 5.73 Å². The highest BCUT2D eigenvalue weighted by atomic mass is 35.5. The van der Waals surface area contributed by atoms with E-state index >= 15 is 0 Å². The van der Waals surface area contributed by atoms with E-state index in [9.17, 15) is 0 Å². The summed E-state index contributed by atoms with van der Waals surface area (Å²) in [5.41, 5.74) is 7.89. The fourth-order valence-electron chi connectivity index (χ4n) is 2.92. The van der Waals surface area contributed by atoms with E-state index in [1.165, 1.54) is 25.7 Å². The van der Waals surface area contributed by atoms with E-state index in [-0.39, 0.29) is 0 Å². The molecule has 1 aromatic carbocycles. The molecule has 1 aliphatic rings. The monoisotopic (exact) mass is 266 g/mol. The Morgan fingerprint density at radius 3 is 2.83 bits per heavy atom. The largest absolute Gasteiger partial charge is 0.398 e. The van der Waals surface area contributed by atoms with E-state index in [1.807, 2.05) is 18.2 Å². The summed E-state index contributed by atoms with van der Waals surface area (Å²) >= 11 is 6.23. The van der Waals surface area contributed by atoms with Crippen LogP contribution in [0.5, 0.6) is 0 Å². The summed E-state index contributed by atoms with van der Waals surface area (Å²) in [6.07, 6.45) is 5.30. The second-order valence-corrected chi connectivity index (χ2v) is 6.06. The van der Waals surface area contributed by atoms with Crippen LogP contribution in [0.3, 0.4) is 0 Å². The summed E-state index contributed by atoms with van der Waals surface area (Å²) in [7, 11) is 2.19. The van der Waals surface area contributed by atoms with Gasteiger partial charge in [-0.15, -0.1) is 0 Å². The van der Waals surface area contributed by atoms with Crippen LogP contribution >= 0.6 is 11.6 Å². The first kappa shape index (κ1) is 13.7. The van der Waals surface area contributed by atoms with Crippen LogP contribution in [0, 0.1) is 5.92 Å². The lowest BCUT2D eigenvalue weighted by Gasteiger charge is -2.34. The van der Waals surface area contributed by atoms with Crippen LogP contribution in [0.25, 0.3) is 0 Å². The van der Waals surface area contributed by atoms with Crippen molar-refractivity contribution in [3.05, 3.63) is 28.8 Å². The highest BCUT2D eigenvalue weighted by Crippen LogP contribution is 2.29. The van der Waals surface area contributed by atoms with Crippen molar-refractivity contribution < 1.29 is 0 Å². The molecule has 1 aliphatic carbocycles. The van der Waals surface area contributed by atoms with Gasteiger partial charge in [0.2, 0.25) is 0 Å². The Bertz CT molecular complexity index is 385. The van der Waals surface area contributed by atoms with Gasteiger partial charge in [0.25, 0.3) is 0 Å². The lowest BCUT2D eigenvalue weighted by molar-refractivity contribution is 0.158. The molecule has 100 valence electrons. The molecule has 0 aromatic heterocycles. The molecule has 0 aliphatic heterocycles. The van der Waals surface area contributed by atoms with Crippen molar-refractivity contribution in [3.8, 4) is 0 Å². The first-order chi connectivity index (χ1) is 8.58. The van der Waals surface area contributed by atoms with Crippen molar-refractivity contribution in [3.63, 3.8) is 0 Å². The molecule has 1 aromatic rings. The van der Waals surface area contributed by atoms with Crippen LogP contribution in [0.15, 0.2) is 18.2 Å². The van der Waals surface area contributed by atoms with Crippen molar-refractivity contribution in [1.82, 2.24) is 4.90 Å². The van der Waals surface area contributed by atoms with Gasteiger partial charge in [0, 0.05) is 28.9 Å². The molecule has 3 heteroatoms. The third-order valence-electron chi connectivity index (χ3n) is 4.09. The molecule has 0 bridgehead atoms. The van der Waals surface area contributed by atoms with Gasteiger partial charge in [-0.3, -0.25) is 4.90 Å². The lowest BCUT2D eigenvalue weighted by Crippen LogP contribution is -2.35. The Morgan fingerprint density at radius 1 is 1.39 bits per heavy atom. The maximum Gasteiger partial charge on any atom is 0.0471 e. The second kappa shape index (κ2) is 5.94. The number of nitrogen functional groups attached to an aromatic ring is 1. The van der Waals surface area contributed by atoms with E-state index in [0.29, 0.717) is 6.04 Å². The number of rotatable bonds is 3. The van der Waals surface area contributed by atoms with Crippen molar-refractivity contribution in [2.75, 3.05) is 12.8 Å². The summed E-state index contributed by atoms with van der Waals surface area (Å²) in [5.74, 6) is 0.842. The Kier molecular flexibility index (Phi) is 4.52. The lowest BCUT2D eigenvalue weighted by atomic mass is 9.86. The normalized spacial score (nSPS) is 24.4. The van der Waals surface area contributed by atoms with Crippen molar-refractivity contribution in [2.45, 2.75) is 45.2 Å². The fraction of sp³-hybridized carbons (Fsp3) is 0.600. The van der Waals surface area contributed by atoms with Crippen LogP contribution in [0.2, 0.25) is 5.02 Å². The predicted octanol–water partition coefficient (Wildman–Crippen LogP) is 3.93. The molecule has 0 saturated heterocycles. The van der Waals surface area contributed by atoms with Crippen LogP contribution in [0.4, 0.5) is 5.69 Å². The molecule has 0 radical (unpaired) electrons. The molecule has 0 amide bonds. The zero-order chi connectivity index (χ0) is 13.1. The minimum Gasteiger partial charge on any atom is -0.398 e. The van der Waals surface area contributed by atoms with Gasteiger partial charge < -0.3 is 5.73 Å². The number of nitrogens with zero attached hydrogens (tertiary/aromatic N) is 1.